The molecular formula is C20H26N2O3S. The van der Waals surface area contributed by atoms with Crippen molar-refractivity contribution in [3.63, 3.8) is 0 Å². The monoisotopic (exact) mass is 374 g/mol. The number of benzene rings is 1. The van der Waals surface area contributed by atoms with Gasteiger partial charge in [-0.25, -0.2) is 0 Å². The van der Waals surface area contributed by atoms with E-state index >= 15 is 0 Å². The lowest BCUT2D eigenvalue weighted by Gasteiger charge is -2.27. The minimum atomic E-state index is -0.738. The molecule has 1 aliphatic carbocycles. The number of carbonyl (C=O) groups is 3. The second kappa shape index (κ2) is 8.71. The number of fused-ring (bicyclic) bond motifs is 1. The molecule has 140 valence electrons. The number of rotatable bonds is 6. The van der Waals surface area contributed by atoms with Crippen molar-refractivity contribution in [1.82, 2.24) is 10.2 Å². The molecular weight excluding hydrogens is 348 g/mol. The fraction of sp³-hybridized carbons (Fsp3) is 0.550. The summed E-state index contributed by atoms with van der Waals surface area (Å²) in [7, 11) is 0. The summed E-state index contributed by atoms with van der Waals surface area (Å²) in [6.07, 6.45) is 9.04. The Hall–Kier alpha value is -1.82. The Balaban J connectivity index is 1.78. The molecule has 1 aliphatic heterocycles. The average Bonchev–Trinajstić information content (AvgIpc) is 2.82. The first-order valence-corrected chi connectivity index (χ1v) is 10.8. The molecule has 1 fully saturated rings. The number of hydrogen-bond acceptors (Lipinski definition) is 4. The third-order valence-corrected chi connectivity index (χ3v) is 5.88. The lowest BCUT2D eigenvalue weighted by atomic mass is 10.1. The van der Waals surface area contributed by atoms with E-state index in [1.807, 2.05) is 6.26 Å². The van der Waals surface area contributed by atoms with Crippen molar-refractivity contribution >= 4 is 29.5 Å². The third kappa shape index (κ3) is 3.95. The van der Waals surface area contributed by atoms with Gasteiger partial charge in [-0.05, 0) is 43.4 Å². The SMILES string of the molecule is CSCC[C@@H](C(=O)NC1CCCCCC1)N1C(=O)c2ccccc2C1=O. The highest BCUT2D eigenvalue weighted by Gasteiger charge is 2.42. The highest BCUT2D eigenvalue weighted by atomic mass is 32.2. The zero-order valence-corrected chi connectivity index (χ0v) is 16.0. The van der Waals surface area contributed by atoms with Gasteiger partial charge >= 0.3 is 0 Å². The van der Waals surface area contributed by atoms with Crippen molar-refractivity contribution in [2.24, 2.45) is 0 Å². The Morgan fingerprint density at radius 3 is 2.23 bits per heavy atom. The van der Waals surface area contributed by atoms with Gasteiger partial charge in [-0.1, -0.05) is 37.8 Å². The van der Waals surface area contributed by atoms with Crippen LogP contribution in [0.1, 0.15) is 65.7 Å². The van der Waals surface area contributed by atoms with E-state index in [4.69, 9.17) is 0 Å². The molecule has 1 N–H and O–H groups in total. The first kappa shape index (κ1) is 19.0. The predicted molar refractivity (Wildman–Crippen MR) is 103 cm³/mol. The second-order valence-corrected chi connectivity index (χ2v) is 8.01. The molecule has 0 aromatic heterocycles. The van der Waals surface area contributed by atoms with Crippen molar-refractivity contribution in [3.05, 3.63) is 35.4 Å². The smallest absolute Gasteiger partial charge is 0.262 e. The maximum absolute atomic E-state index is 13.0. The molecule has 0 bridgehead atoms. The van der Waals surface area contributed by atoms with E-state index in [1.165, 1.54) is 17.7 Å². The lowest BCUT2D eigenvalue weighted by molar-refractivity contribution is -0.125. The van der Waals surface area contributed by atoms with Gasteiger partial charge in [0, 0.05) is 6.04 Å². The van der Waals surface area contributed by atoms with Crippen LogP contribution >= 0.6 is 11.8 Å². The van der Waals surface area contributed by atoms with Crippen LogP contribution in [-0.2, 0) is 4.79 Å². The van der Waals surface area contributed by atoms with Gasteiger partial charge in [0.1, 0.15) is 6.04 Å². The van der Waals surface area contributed by atoms with Gasteiger partial charge in [0.25, 0.3) is 11.8 Å². The number of thioether (sulfide) groups is 1. The normalized spacial score (nSPS) is 19.2. The Kier molecular flexibility index (Phi) is 6.35. The molecule has 1 heterocycles. The van der Waals surface area contributed by atoms with Crippen LogP contribution in [0, 0.1) is 0 Å². The summed E-state index contributed by atoms with van der Waals surface area (Å²) >= 11 is 1.61. The van der Waals surface area contributed by atoms with Crippen molar-refractivity contribution in [2.45, 2.75) is 57.0 Å². The summed E-state index contributed by atoms with van der Waals surface area (Å²) in [5, 5.41) is 3.12. The Bertz CT molecular complexity index is 648. The number of imide groups is 1. The summed E-state index contributed by atoms with van der Waals surface area (Å²) in [5.41, 5.74) is 0.794. The van der Waals surface area contributed by atoms with Crippen LogP contribution in [0.4, 0.5) is 0 Å². The third-order valence-electron chi connectivity index (χ3n) is 5.24. The molecule has 3 amide bonds. The van der Waals surface area contributed by atoms with Crippen LogP contribution in [-0.4, -0.2) is 46.7 Å². The van der Waals surface area contributed by atoms with Crippen LogP contribution < -0.4 is 5.32 Å². The topological polar surface area (TPSA) is 66.5 Å². The zero-order valence-electron chi connectivity index (χ0n) is 15.2. The molecule has 5 nitrogen and oxygen atoms in total. The molecule has 1 atom stereocenters. The lowest BCUT2D eigenvalue weighted by Crippen LogP contribution is -2.52. The quantitative estimate of drug-likeness (QED) is 0.613. The zero-order chi connectivity index (χ0) is 18.5. The Morgan fingerprint density at radius 2 is 1.69 bits per heavy atom. The Labute approximate surface area is 158 Å². The van der Waals surface area contributed by atoms with Crippen LogP contribution in [0.5, 0.6) is 0 Å². The van der Waals surface area contributed by atoms with Crippen LogP contribution in [0.3, 0.4) is 0 Å². The molecule has 1 aromatic carbocycles. The minimum absolute atomic E-state index is 0.150. The second-order valence-electron chi connectivity index (χ2n) is 7.02. The minimum Gasteiger partial charge on any atom is -0.352 e. The molecule has 3 rings (SSSR count). The van der Waals surface area contributed by atoms with E-state index in [2.05, 4.69) is 5.32 Å². The van der Waals surface area contributed by atoms with Crippen molar-refractivity contribution in [3.8, 4) is 0 Å². The summed E-state index contributed by atoms with van der Waals surface area (Å²) in [6, 6.07) is 6.22. The average molecular weight is 375 g/mol. The number of nitrogens with zero attached hydrogens (tertiary/aromatic N) is 1. The molecule has 0 unspecified atom stereocenters. The Morgan fingerprint density at radius 1 is 1.12 bits per heavy atom. The number of hydrogen-bond donors (Lipinski definition) is 1. The van der Waals surface area contributed by atoms with Gasteiger partial charge in [-0.15, -0.1) is 0 Å². The van der Waals surface area contributed by atoms with E-state index in [0.29, 0.717) is 17.5 Å². The van der Waals surface area contributed by atoms with Gasteiger partial charge in [-0.3, -0.25) is 19.3 Å². The van der Waals surface area contributed by atoms with Crippen molar-refractivity contribution in [2.75, 3.05) is 12.0 Å². The molecule has 0 spiro atoms. The standard InChI is InChI=1S/C20H26N2O3S/c1-26-13-12-17(18(23)21-14-8-4-2-3-5-9-14)22-19(24)15-10-6-7-11-16(15)20(22)25/h6-7,10-11,14,17H,2-5,8-9,12-13H2,1H3,(H,21,23)/t17-/m0/s1. The van der Waals surface area contributed by atoms with Crippen LogP contribution in [0.15, 0.2) is 24.3 Å². The highest BCUT2D eigenvalue weighted by molar-refractivity contribution is 7.98. The summed E-state index contributed by atoms with van der Waals surface area (Å²) in [5.74, 6) is -0.184. The van der Waals surface area contributed by atoms with Crippen LogP contribution in [0.25, 0.3) is 0 Å². The van der Waals surface area contributed by atoms with Gasteiger partial charge in [0.2, 0.25) is 5.91 Å². The molecule has 0 radical (unpaired) electrons. The molecule has 1 saturated carbocycles. The fourth-order valence-electron chi connectivity index (χ4n) is 3.82. The van der Waals surface area contributed by atoms with Gasteiger partial charge in [-0.2, -0.15) is 11.8 Å². The first-order valence-electron chi connectivity index (χ1n) is 9.39. The predicted octanol–water partition coefficient (Wildman–Crippen LogP) is 3.24. The van der Waals surface area contributed by atoms with Crippen molar-refractivity contribution < 1.29 is 14.4 Å². The first-order chi connectivity index (χ1) is 12.6. The largest absolute Gasteiger partial charge is 0.352 e. The molecule has 6 heteroatoms. The van der Waals surface area contributed by atoms with Crippen molar-refractivity contribution in [1.29, 1.82) is 0 Å². The van der Waals surface area contributed by atoms with E-state index in [-0.39, 0.29) is 23.8 Å². The van der Waals surface area contributed by atoms with E-state index < -0.39 is 6.04 Å². The number of carbonyl (C=O) groups excluding carboxylic acids is 3. The molecule has 2 aliphatic rings. The van der Waals surface area contributed by atoms with E-state index in [9.17, 15) is 14.4 Å². The summed E-state index contributed by atoms with van der Waals surface area (Å²) < 4.78 is 0. The number of amides is 3. The highest BCUT2D eigenvalue weighted by Crippen LogP contribution is 2.26. The summed E-state index contributed by atoms with van der Waals surface area (Å²) in [6.45, 7) is 0. The molecule has 26 heavy (non-hydrogen) atoms. The fourth-order valence-corrected chi connectivity index (χ4v) is 4.28. The molecule has 0 saturated heterocycles. The van der Waals surface area contributed by atoms with Gasteiger partial charge < -0.3 is 5.32 Å². The van der Waals surface area contributed by atoms with Gasteiger partial charge in [0.15, 0.2) is 0 Å². The molecule has 1 aromatic rings. The van der Waals surface area contributed by atoms with Crippen LogP contribution in [0.2, 0.25) is 0 Å². The number of nitrogens with one attached hydrogen (secondary N) is 1. The summed E-state index contributed by atoms with van der Waals surface area (Å²) in [4.78, 5) is 39.7. The van der Waals surface area contributed by atoms with E-state index in [1.54, 1.807) is 36.0 Å². The van der Waals surface area contributed by atoms with Gasteiger partial charge in [0.05, 0.1) is 11.1 Å². The van der Waals surface area contributed by atoms with E-state index in [0.717, 1.165) is 31.4 Å². The maximum atomic E-state index is 13.0. The maximum Gasteiger partial charge on any atom is 0.262 e.